The van der Waals surface area contributed by atoms with Gasteiger partial charge in [-0.2, -0.15) is 11.8 Å². The van der Waals surface area contributed by atoms with Crippen molar-refractivity contribution >= 4 is 30.3 Å². The maximum absolute atomic E-state index is 11.7. The molecule has 1 heterocycles. The van der Waals surface area contributed by atoms with Gasteiger partial charge in [-0.1, -0.05) is 12.1 Å². The summed E-state index contributed by atoms with van der Waals surface area (Å²) in [7, 11) is 0. The molecule has 0 saturated carbocycles. The third-order valence-electron chi connectivity index (χ3n) is 2.85. The van der Waals surface area contributed by atoms with Crippen LogP contribution < -0.4 is 5.32 Å². The molecule has 1 saturated heterocycles. The predicted molar refractivity (Wildman–Crippen MR) is 75.9 cm³/mol. The number of carbonyl (C=O) groups excluding carboxylic acids is 1. The molecule has 1 atom stereocenters. The first-order chi connectivity index (χ1) is 8.24. The number of carbonyl (C=O) groups is 1. The van der Waals surface area contributed by atoms with Gasteiger partial charge in [0.1, 0.15) is 0 Å². The summed E-state index contributed by atoms with van der Waals surface area (Å²) in [5.74, 6) is 1.36. The monoisotopic (exact) mass is 267 g/mol. The average molecular weight is 267 g/mol. The van der Waals surface area contributed by atoms with Crippen molar-refractivity contribution in [1.29, 1.82) is 0 Å². The smallest absolute Gasteiger partial charge is 0.224 e. The Labute approximate surface area is 112 Å². The Morgan fingerprint density at radius 2 is 2.18 bits per heavy atom. The highest BCUT2D eigenvalue weighted by Gasteiger charge is 2.16. The van der Waals surface area contributed by atoms with E-state index >= 15 is 0 Å². The van der Waals surface area contributed by atoms with Crippen molar-refractivity contribution in [3.05, 3.63) is 29.8 Å². The van der Waals surface area contributed by atoms with E-state index < -0.39 is 0 Å². The van der Waals surface area contributed by atoms with Gasteiger partial charge in [-0.25, -0.2) is 0 Å². The lowest BCUT2D eigenvalue weighted by atomic mass is 10.1. The van der Waals surface area contributed by atoms with E-state index in [9.17, 15) is 4.79 Å². The first kappa shape index (κ1) is 12.8. The van der Waals surface area contributed by atoms with Crippen molar-refractivity contribution in [2.24, 2.45) is 0 Å². The average Bonchev–Trinajstić information content (AvgIpc) is 2.83. The van der Waals surface area contributed by atoms with E-state index in [1.807, 2.05) is 36.0 Å². The van der Waals surface area contributed by atoms with Crippen molar-refractivity contribution in [2.45, 2.75) is 29.4 Å². The lowest BCUT2D eigenvalue weighted by Crippen LogP contribution is -2.30. The number of hydrogen-bond donors (Lipinski definition) is 2. The molecule has 4 heteroatoms. The van der Waals surface area contributed by atoms with E-state index in [-0.39, 0.29) is 5.91 Å². The molecule has 0 spiro atoms. The summed E-state index contributed by atoms with van der Waals surface area (Å²) < 4.78 is 0. The highest BCUT2D eigenvalue weighted by Crippen LogP contribution is 2.25. The second-order valence-corrected chi connectivity index (χ2v) is 6.21. The molecular formula is C13H17NOS2. The van der Waals surface area contributed by atoms with Crippen LogP contribution in [0.5, 0.6) is 0 Å². The molecule has 2 nitrogen and oxygen atoms in total. The molecule has 0 aromatic heterocycles. The normalized spacial score (nSPS) is 19.2. The summed E-state index contributed by atoms with van der Waals surface area (Å²) in [6, 6.07) is 7.73. The van der Waals surface area contributed by atoms with Crippen molar-refractivity contribution in [3.8, 4) is 0 Å². The number of rotatable bonds is 4. The van der Waals surface area contributed by atoms with E-state index in [0.717, 1.165) is 17.0 Å². The molecule has 1 amide bonds. The van der Waals surface area contributed by atoms with Crippen LogP contribution in [0.15, 0.2) is 29.2 Å². The summed E-state index contributed by atoms with van der Waals surface area (Å²) in [6.07, 6.45) is 2.99. The van der Waals surface area contributed by atoms with Gasteiger partial charge in [0, 0.05) is 16.7 Å². The fourth-order valence-electron chi connectivity index (χ4n) is 1.89. The number of benzene rings is 1. The first-order valence-corrected chi connectivity index (χ1v) is 7.40. The maximum atomic E-state index is 11.7. The highest BCUT2D eigenvalue weighted by atomic mass is 32.2. The SMILES string of the molecule is O=C(Cc1ccc(S)cc1)NCC1CCCS1. The van der Waals surface area contributed by atoms with Gasteiger partial charge in [0.15, 0.2) is 0 Å². The zero-order valence-corrected chi connectivity index (χ0v) is 11.4. The molecule has 92 valence electrons. The van der Waals surface area contributed by atoms with Gasteiger partial charge in [-0.15, -0.1) is 12.6 Å². The summed E-state index contributed by atoms with van der Waals surface area (Å²) in [5.41, 5.74) is 1.04. The molecule has 1 aromatic carbocycles. The van der Waals surface area contributed by atoms with Gasteiger partial charge in [0.25, 0.3) is 0 Å². The van der Waals surface area contributed by atoms with Gasteiger partial charge in [0.2, 0.25) is 5.91 Å². The largest absolute Gasteiger partial charge is 0.355 e. The van der Waals surface area contributed by atoms with Gasteiger partial charge in [0.05, 0.1) is 6.42 Å². The van der Waals surface area contributed by atoms with E-state index in [1.54, 1.807) is 0 Å². The minimum Gasteiger partial charge on any atom is -0.355 e. The molecule has 1 N–H and O–H groups in total. The minimum atomic E-state index is 0.115. The zero-order valence-electron chi connectivity index (χ0n) is 9.69. The molecule has 0 aliphatic carbocycles. The summed E-state index contributed by atoms with van der Waals surface area (Å²) in [5, 5.41) is 3.63. The fraction of sp³-hybridized carbons (Fsp3) is 0.462. The Balaban J connectivity index is 1.74. The molecule has 1 aliphatic heterocycles. The van der Waals surface area contributed by atoms with Crippen LogP contribution in [-0.2, 0) is 11.2 Å². The Morgan fingerprint density at radius 3 is 2.82 bits per heavy atom. The molecule has 0 radical (unpaired) electrons. The Bertz CT molecular complexity index is 372. The molecule has 17 heavy (non-hydrogen) atoms. The molecule has 0 bridgehead atoms. The third-order valence-corrected chi connectivity index (χ3v) is 4.55. The Hall–Kier alpha value is -0.610. The summed E-state index contributed by atoms with van der Waals surface area (Å²) in [4.78, 5) is 12.6. The molecular weight excluding hydrogens is 250 g/mol. The van der Waals surface area contributed by atoms with E-state index in [2.05, 4.69) is 17.9 Å². The van der Waals surface area contributed by atoms with Crippen LogP contribution in [0.4, 0.5) is 0 Å². The zero-order chi connectivity index (χ0) is 12.1. The lowest BCUT2D eigenvalue weighted by Gasteiger charge is -2.10. The molecule has 1 aromatic rings. The van der Waals surface area contributed by atoms with Gasteiger partial charge >= 0.3 is 0 Å². The summed E-state index contributed by atoms with van der Waals surface area (Å²) in [6.45, 7) is 0.814. The minimum absolute atomic E-state index is 0.115. The van der Waals surface area contributed by atoms with Crippen LogP contribution in [0, 0.1) is 0 Å². The van der Waals surface area contributed by atoms with Crippen LogP contribution in [0.25, 0.3) is 0 Å². The van der Waals surface area contributed by atoms with E-state index in [1.165, 1.54) is 18.6 Å². The first-order valence-electron chi connectivity index (χ1n) is 5.90. The predicted octanol–water partition coefficient (Wildman–Crippen LogP) is 2.53. The molecule has 2 rings (SSSR count). The van der Waals surface area contributed by atoms with E-state index in [0.29, 0.717) is 11.7 Å². The second kappa shape index (κ2) is 6.36. The van der Waals surface area contributed by atoms with Crippen molar-refractivity contribution in [2.75, 3.05) is 12.3 Å². The van der Waals surface area contributed by atoms with Crippen LogP contribution in [0.1, 0.15) is 18.4 Å². The number of thioether (sulfide) groups is 1. The third kappa shape index (κ3) is 4.28. The summed E-state index contributed by atoms with van der Waals surface area (Å²) >= 11 is 6.19. The van der Waals surface area contributed by atoms with Crippen molar-refractivity contribution in [1.82, 2.24) is 5.32 Å². The van der Waals surface area contributed by atoms with E-state index in [4.69, 9.17) is 0 Å². The van der Waals surface area contributed by atoms with Crippen molar-refractivity contribution < 1.29 is 4.79 Å². The Kier molecular flexibility index (Phi) is 4.80. The lowest BCUT2D eigenvalue weighted by molar-refractivity contribution is -0.120. The second-order valence-electron chi connectivity index (χ2n) is 4.28. The quantitative estimate of drug-likeness (QED) is 0.821. The molecule has 1 fully saturated rings. The highest BCUT2D eigenvalue weighted by molar-refractivity contribution is 8.00. The van der Waals surface area contributed by atoms with Crippen molar-refractivity contribution in [3.63, 3.8) is 0 Å². The molecule has 1 aliphatic rings. The van der Waals surface area contributed by atoms with Gasteiger partial charge in [-0.05, 0) is 36.3 Å². The Morgan fingerprint density at radius 1 is 1.41 bits per heavy atom. The topological polar surface area (TPSA) is 29.1 Å². The maximum Gasteiger partial charge on any atom is 0.224 e. The van der Waals surface area contributed by atoms with Crippen LogP contribution >= 0.6 is 24.4 Å². The number of thiol groups is 1. The number of hydrogen-bond acceptors (Lipinski definition) is 3. The van der Waals surface area contributed by atoms with Gasteiger partial charge in [-0.3, -0.25) is 4.79 Å². The molecule has 1 unspecified atom stereocenters. The van der Waals surface area contributed by atoms with Crippen LogP contribution in [0.3, 0.4) is 0 Å². The number of amides is 1. The standard InChI is InChI=1S/C13H17NOS2/c15-13(14-9-12-2-1-7-17-12)8-10-3-5-11(16)6-4-10/h3-6,12,16H,1-2,7-9H2,(H,14,15). The van der Waals surface area contributed by atoms with Gasteiger partial charge < -0.3 is 5.32 Å². The van der Waals surface area contributed by atoms with Crippen LogP contribution in [-0.4, -0.2) is 23.5 Å². The number of nitrogens with one attached hydrogen (secondary N) is 1. The fourth-order valence-corrected chi connectivity index (χ4v) is 3.24. The van der Waals surface area contributed by atoms with Crippen LogP contribution in [0.2, 0.25) is 0 Å².